The van der Waals surface area contributed by atoms with Gasteiger partial charge < -0.3 is 20.0 Å². The minimum absolute atomic E-state index is 0.313. The topological polar surface area (TPSA) is 46.9 Å². The zero-order valence-electron chi connectivity index (χ0n) is 16.7. The highest BCUT2D eigenvalue weighted by molar-refractivity contribution is 5.89. The first-order valence-corrected chi connectivity index (χ1v) is 8.80. The van der Waals surface area contributed by atoms with Gasteiger partial charge in [-0.15, -0.1) is 0 Å². The molecular formula is C22H30N2O2. The van der Waals surface area contributed by atoms with Crippen LogP contribution in [0.3, 0.4) is 0 Å². The van der Waals surface area contributed by atoms with E-state index >= 15 is 0 Å². The van der Waals surface area contributed by atoms with E-state index in [1.807, 2.05) is 88.2 Å². The van der Waals surface area contributed by atoms with Crippen molar-refractivity contribution in [2.45, 2.75) is 26.9 Å². The molecule has 0 saturated carbocycles. The highest BCUT2D eigenvalue weighted by atomic mass is 16.3. The van der Waals surface area contributed by atoms with Crippen molar-refractivity contribution in [2.75, 3.05) is 28.2 Å². The molecule has 0 radical (unpaired) electrons. The summed E-state index contributed by atoms with van der Waals surface area (Å²) in [6.45, 7) is 5.49. The number of rotatable bonds is 6. The molecule has 26 heavy (non-hydrogen) atoms. The first-order chi connectivity index (χ1) is 12.2. The van der Waals surface area contributed by atoms with Crippen LogP contribution in [0.25, 0.3) is 11.1 Å². The predicted molar refractivity (Wildman–Crippen MR) is 109 cm³/mol. The standard InChI is InChI=1S/C22H30N2O2/c1-15(17-7-9-19(13-23(3)4)21(25)11-17)16(2)18-8-10-20(14-24(5)6)22(26)12-18/h7-12,25-26H,13-14H2,1-6H3/b16-15+. The fourth-order valence-electron chi connectivity index (χ4n) is 2.98. The zero-order chi connectivity index (χ0) is 19.4. The Morgan fingerprint density at radius 1 is 0.692 bits per heavy atom. The fourth-order valence-corrected chi connectivity index (χ4v) is 2.98. The van der Waals surface area contributed by atoms with Crippen LogP contribution in [0.15, 0.2) is 36.4 Å². The van der Waals surface area contributed by atoms with Crippen LogP contribution in [-0.2, 0) is 13.1 Å². The van der Waals surface area contributed by atoms with Crippen LogP contribution >= 0.6 is 0 Å². The number of benzene rings is 2. The summed E-state index contributed by atoms with van der Waals surface area (Å²) >= 11 is 0. The summed E-state index contributed by atoms with van der Waals surface area (Å²) < 4.78 is 0. The molecule has 0 aliphatic heterocycles. The quantitative estimate of drug-likeness (QED) is 0.764. The lowest BCUT2D eigenvalue weighted by Gasteiger charge is -2.15. The first-order valence-electron chi connectivity index (χ1n) is 8.80. The Kier molecular flexibility index (Phi) is 6.46. The highest BCUT2D eigenvalue weighted by Gasteiger charge is 2.10. The average Bonchev–Trinajstić information content (AvgIpc) is 2.56. The van der Waals surface area contributed by atoms with Crippen LogP contribution in [-0.4, -0.2) is 48.2 Å². The largest absolute Gasteiger partial charge is 0.508 e. The molecule has 0 bridgehead atoms. The minimum atomic E-state index is 0.313. The van der Waals surface area contributed by atoms with Crippen LogP contribution in [0, 0.1) is 0 Å². The molecule has 0 heterocycles. The SMILES string of the molecule is C/C(=C(/C)c1ccc(CN(C)C)c(O)c1)c1ccc(CN(C)C)c(O)c1. The van der Waals surface area contributed by atoms with Gasteiger partial charge in [-0.1, -0.05) is 24.3 Å². The van der Waals surface area contributed by atoms with Gasteiger partial charge in [0.1, 0.15) is 11.5 Å². The maximum Gasteiger partial charge on any atom is 0.120 e. The second-order valence-electron chi connectivity index (χ2n) is 7.41. The summed E-state index contributed by atoms with van der Waals surface area (Å²) in [4.78, 5) is 4.06. The van der Waals surface area contributed by atoms with Crippen molar-refractivity contribution in [1.29, 1.82) is 0 Å². The summed E-state index contributed by atoms with van der Waals surface area (Å²) in [5, 5.41) is 20.6. The maximum absolute atomic E-state index is 10.3. The predicted octanol–water partition coefficient (Wildman–Crippen LogP) is 4.17. The van der Waals surface area contributed by atoms with Crippen molar-refractivity contribution in [3.63, 3.8) is 0 Å². The number of phenols is 2. The van der Waals surface area contributed by atoms with E-state index in [0.29, 0.717) is 24.6 Å². The molecule has 0 aromatic heterocycles. The third-order valence-electron chi connectivity index (χ3n) is 4.57. The molecule has 0 saturated heterocycles. The molecule has 140 valence electrons. The smallest absolute Gasteiger partial charge is 0.120 e. The van der Waals surface area contributed by atoms with Gasteiger partial charge in [0.2, 0.25) is 0 Å². The van der Waals surface area contributed by atoms with E-state index in [1.165, 1.54) is 0 Å². The van der Waals surface area contributed by atoms with E-state index in [-0.39, 0.29) is 0 Å². The molecule has 2 aromatic rings. The Hall–Kier alpha value is -2.30. The minimum Gasteiger partial charge on any atom is -0.508 e. The molecular weight excluding hydrogens is 324 g/mol. The van der Waals surface area contributed by atoms with E-state index in [9.17, 15) is 10.2 Å². The summed E-state index contributed by atoms with van der Waals surface area (Å²) in [5.41, 5.74) is 5.96. The average molecular weight is 354 g/mol. The van der Waals surface area contributed by atoms with Gasteiger partial charge >= 0.3 is 0 Å². The van der Waals surface area contributed by atoms with Crippen molar-refractivity contribution in [3.8, 4) is 11.5 Å². The second-order valence-corrected chi connectivity index (χ2v) is 7.41. The van der Waals surface area contributed by atoms with E-state index in [2.05, 4.69) is 0 Å². The van der Waals surface area contributed by atoms with Gasteiger partial charge in [0.05, 0.1) is 0 Å². The molecule has 4 heteroatoms. The van der Waals surface area contributed by atoms with E-state index in [0.717, 1.165) is 33.4 Å². The highest BCUT2D eigenvalue weighted by Crippen LogP contribution is 2.31. The van der Waals surface area contributed by atoms with Gasteiger partial charge in [-0.3, -0.25) is 0 Å². The van der Waals surface area contributed by atoms with Crippen LogP contribution in [0.1, 0.15) is 36.1 Å². The van der Waals surface area contributed by atoms with Crippen molar-refractivity contribution >= 4 is 11.1 Å². The van der Waals surface area contributed by atoms with Gasteiger partial charge in [-0.2, -0.15) is 0 Å². The third-order valence-corrected chi connectivity index (χ3v) is 4.57. The number of hydrogen-bond acceptors (Lipinski definition) is 4. The fraction of sp³-hybridized carbons (Fsp3) is 0.364. The van der Waals surface area contributed by atoms with Gasteiger partial charge in [0.25, 0.3) is 0 Å². The van der Waals surface area contributed by atoms with Crippen LogP contribution in [0.2, 0.25) is 0 Å². The lowest BCUT2D eigenvalue weighted by atomic mass is 9.95. The molecule has 0 amide bonds. The van der Waals surface area contributed by atoms with Crippen molar-refractivity contribution in [1.82, 2.24) is 9.80 Å². The monoisotopic (exact) mass is 354 g/mol. The number of aromatic hydroxyl groups is 2. The molecule has 0 aliphatic rings. The zero-order valence-corrected chi connectivity index (χ0v) is 16.7. The van der Waals surface area contributed by atoms with Gasteiger partial charge in [0.15, 0.2) is 0 Å². The Morgan fingerprint density at radius 2 is 1.04 bits per heavy atom. The van der Waals surface area contributed by atoms with E-state index < -0.39 is 0 Å². The molecule has 0 aliphatic carbocycles. The van der Waals surface area contributed by atoms with E-state index in [4.69, 9.17) is 0 Å². The van der Waals surface area contributed by atoms with Gasteiger partial charge in [0, 0.05) is 24.2 Å². The third kappa shape index (κ3) is 4.87. The molecule has 4 nitrogen and oxygen atoms in total. The summed E-state index contributed by atoms with van der Waals surface area (Å²) in [6.07, 6.45) is 0. The first kappa shape index (κ1) is 20.0. The Labute approximate surface area is 157 Å². The molecule has 2 rings (SSSR count). The Balaban J connectivity index is 2.34. The molecule has 0 fully saturated rings. The van der Waals surface area contributed by atoms with Crippen molar-refractivity contribution in [2.24, 2.45) is 0 Å². The normalized spacial score (nSPS) is 12.6. The van der Waals surface area contributed by atoms with E-state index in [1.54, 1.807) is 0 Å². The van der Waals surface area contributed by atoms with Crippen molar-refractivity contribution in [3.05, 3.63) is 58.7 Å². The molecule has 2 aromatic carbocycles. The number of phenolic OH excluding ortho intramolecular Hbond substituents is 2. The maximum atomic E-state index is 10.3. The van der Waals surface area contributed by atoms with Crippen LogP contribution < -0.4 is 0 Å². The molecule has 0 spiro atoms. The lowest BCUT2D eigenvalue weighted by molar-refractivity contribution is 0.386. The Bertz CT molecular complexity index is 740. The number of hydrogen-bond donors (Lipinski definition) is 2. The van der Waals surface area contributed by atoms with Crippen LogP contribution in [0.5, 0.6) is 11.5 Å². The molecule has 2 N–H and O–H groups in total. The summed E-state index contributed by atoms with van der Waals surface area (Å²) in [5.74, 6) is 0.625. The summed E-state index contributed by atoms with van der Waals surface area (Å²) in [7, 11) is 7.92. The van der Waals surface area contributed by atoms with Crippen molar-refractivity contribution < 1.29 is 10.2 Å². The lowest BCUT2D eigenvalue weighted by Crippen LogP contribution is -2.10. The van der Waals surface area contributed by atoms with Gasteiger partial charge in [-0.05, 0) is 76.4 Å². The number of allylic oxidation sites excluding steroid dienone is 2. The number of nitrogens with zero attached hydrogens (tertiary/aromatic N) is 2. The second kappa shape index (κ2) is 8.39. The summed E-state index contributed by atoms with van der Waals surface area (Å²) in [6, 6.07) is 11.7. The Morgan fingerprint density at radius 3 is 1.31 bits per heavy atom. The molecule has 0 unspecified atom stereocenters. The molecule has 0 atom stereocenters. The van der Waals surface area contributed by atoms with Crippen LogP contribution in [0.4, 0.5) is 0 Å². The van der Waals surface area contributed by atoms with Gasteiger partial charge in [-0.25, -0.2) is 0 Å².